The lowest BCUT2D eigenvalue weighted by Crippen LogP contribution is -2.36. The summed E-state index contributed by atoms with van der Waals surface area (Å²) in [7, 11) is 2.13. The largest absolute Gasteiger partial charge is 0.481 e. The molecule has 2 saturated heterocycles. The number of carboxylic acid groups (broad SMARTS) is 1. The smallest absolute Gasteiger partial charge is 0.303 e. The topological polar surface area (TPSA) is 59.0 Å². The van der Waals surface area contributed by atoms with E-state index in [1.807, 2.05) is 0 Å². The Morgan fingerprint density at radius 1 is 1.41 bits per heavy atom. The third-order valence-electron chi connectivity index (χ3n) is 3.60. The number of nitrogens with zero attached hydrogens (tertiary/aromatic N) is 1. The molecule has 2 unspecified atom stereocenters. The highest BCUT2D eigenvalue weighted by molar-refractivity contribution is 5.66. The van der Waals surface area contributed by atoms with Crippen molar-refractivity contribution in [3.05, 3.63) is 0 Å². The Labute approximate surface area is 102 Å². The molecule has 0 saturated carbocycles. The molecule has 2 aliphatic heterocycles. The average Bonchev–Trinajstić information content (AvgIpc) is 2.76. The minimum atomic E-state index is -0.767. The highest BCUT2D eigenvalue weighted by atomic mass is 16.7. The maximum absolute atomic E-state index is 10.5. The lowest BCUT2D eigenvalue weighted by Gasteiger charge is -2.31. The lowest BCUT2D eigenvalue weighted by molar-refractivity contribution is -0.138. The number of aliphatic carboxylic acids is 1. The second-order valence-electron chi connectivity index (χ2n) is 5.03. The third kappa shape index (κ3) is 3.66. The predicted molar refractivity (Wildman–Crippen MR) is 61.7 cm³/mol. The van der Waals surface area contributed by atoms with E-state index in [1.165, 1.54) is 0 Å². The molecule has 1 N–H and O–H groups in total. The number of hydrogen-bond acceptors (Lipinski definition) is 4. The second-order valence-corrected chi connectivity index (χ2v) is 5.03. The Kier molecular flexibility index (Phi) is 4.36. The van der Waals surface area contributed by atoms with Crippen LogP contribution in [-0.2, 0) is 14.3 Å². The van der Waals surface area contributed by atoms with Crippen molar-refractivity contribution in [1.29, 1.82) is 0 Å². The summed E-state index contributed by atoms with van der Waals surface area (Å²) in [6.45, 7) is 2.73. The Morgan fingerprint density at radius 3 is 2.76 bits per heavy atom. The molecule has 0 aromatic carbocycles. The van der Waals surface area contributed by atoms with Crippen molar-refractivity contribution < 1.29 is 19.4 Å². The molecular formula is C12H21NO4. The van der Waals surface area contributed by atoms with E-state index in [-0.39, 0.29) is 18.8 Å². The van der Waals surface area contributed by atoms with Crippen LogP contribution in [-0.4, -0.2) is 55.1 Å². The van der Waals surface area contributed by atoms with Gasteiger partial charge in [-0.05, 0) is 39.4 Å². The van der Waals surface area contributed by atoms with Crippen LogP contribution in [0.15, 0.2) is 0 Å². The number of ether oxygens (including phenoxy) is 2. The molecular weight excluding hydrogens is 222 g/mol. The third-order valence-corrected chi connectivity index (χ3v) is 3.60. The molecule has 0 bridgehead atoms. The highest BCUT2D eigenvalue weighted by Crippen LogP contribution is 2.28. The summed E-state index contributed by atoms with van der Waals surface area (Å²) < 4.78 is 11.4. The Hall–Kier alpha value is -0.650. The second kappa shape index (κ2) is 5.80. The van der Waals surface area contributed by atoms with Gasteiger partial charge in [-0.15, -0.1) is 0 Å². The summed E-state index contributed by atoms with van der Waals surface area (Å²) in [5, 5.41) is 8.62. The van der Waals surface area contributed by atoms with Crippen molar-refractivity contribution in [2.24, 2.45) is 5.92 Å². The van der Waals surface area contributed by atoms with Crippen LogP contribution in [0.5, 0.6) is 0 Å². The van der Waals surface area contributed by atoms with E-state index in [4.69, 9.17) is 14.6 Å². The van der Waals surface area contributed by atoms with Crippen LogP contribution in [0.2, 0.25) is 0 Å². The molecule has 2 aliphatic rings. The quantitative estimate of drug-likeness (QED) is 0.796. The number of carboxylic acids is 1. The van der Waals surface area contributed by atoms with Gasteiger partial charge in [0.05, 0.1) is 12.7 Å². The fourth-order valence-electron chi connectivity index (χ4n) is 2.45. The molecule has 5 nitrogen and oxygen atoms in total. The van der Waals surface area contributed by atoms with Gasteiger partial charge in [-0.3, -0.25) is 4.79 Å². The minimum Gasteiger partial charge on any atom is -0.481 e. The Morgan fingerprint density at radius 2 is 2.12 bits per heavy atom. The van der Waals surface area contributed by atoms with Crippen LogP contribution in [0.4, 0.5) is 0 Å². The summed E-state index contributed by atoms with van der Waals surface area (Å²) in [6.07, 6.45) is 2.78. The van der Waals surface area contributed by atoms with Crippen LogP contribution < -0.4 is 0 Å². The molecule has 2 heterocycles. The molecule has 5 heteroatoms. The van der Waals surface area contributed by atoms with Gasteiger partial charge in [0.15, 0.2) is 6.29 Å². The van der Waals surface area contributed by atoms with Crippen molar-refractivity contribution in [3.63, 3.8) is 0 Å². The fourth-order valence-corrected chi connectivity index (χ4v) is 2.45. The minimum absolute atomic E-state index is 0.0317. The lowest BCUT2D eigenvalue weighted by atomic mass is 9.96. The Bertz CT molecular complexity index is 263. The molecule has 0 amide bonds. The van der Waals surface area contributed by atoms with Crippen molar-refractivity contribution in [1.82, 2.24) is 4.90 Å². The number of piperidine rings is 1. The molecule has 17 heavy (non-hydrogen) atoms. The number of hydrogen-bond donors (Lipinski definition) is 1. The van der Waals surface area contributed by atoms with E-state index in [0.717, 1.165) is 25.9 Å². The van der Waals surface area contributed by atoms with Gasteiger partial charge in [0, 0.05) is 12.3 Å². The monoisotopic (exact) mass is 243 g/mol. The summed E-state index contributed by atoms with van der Waals surface area (Å²) in [5.41, 5.74) is 0. The fraction of sp³-hybridized carbons (Fsp3) is 0.917. The normalized spacial score (nSPS) is 31.8. The van der Waals surface area contributed by atoms with Crippen LogP contribution in [0, 0.1) is 5.92 Å². The molecule has 0 aromatic rings. The first kappa shape index (κ1) is 12.8. The summed E-state index contributed by atoms with van der Waals surface area (Å²) in [4.78, 5) is 12.8. The summed E-state index contributed by atoms with van der Waals surface area (Å²) in [5.74, 6) is -0.294. The molecule has 0 aromatic heterocycles. The predicted octanol–water partition coefficient (Wildman–Crippen LogP) is 0.934. The molecule has 0 radical (unpaired) electrons. The molecule has 2 rings (SSSR count). The molecule has 98 valence electrons. The zero-order valence-corrected chi connectivity index (χ0v) is 10.3. The van der Waals surface area contributed by atoms with Gasteiger partial charge in [0.25, 0.3) is 0 Å². The molecule has 2 atom stereocenters. The Balaban J connectivity index is 1.72. The van der Waals surface area contributed by atoms with Crippen molar-refractivity contribution in [2.45, 2.75) is 38.1 Å². The van der Waals surface area contributed by atoms with Gasteiger partial charge in [-0.1, -0.05) is 0 Å². The first-order valence-electron chi connectivity index (χ1n) is 6.32. The number of likely N-dealkylation sites (tertiary alicyclic amines) is 1. The highest BCUT2D eigenvalue weighted by Gasteiger charge is 2.34. The van der Waals surface area contributed by atoms with E-state index in [9.17, 15) is 4.79 Å². The van der Waals surface area contributed by atoms with E-state index < -0.39 is 5.97 Å². The average molecular weight is 243 g/mol. The number of carbonyl (C=O) groups is 1. The molecule has 0 aliphatic carbocycles. The zero-order valence-electron chi connectivity index (χ0n) is 10.3. The van der Waals surface area contributed by atoms with Gasteiger partial charge in [0.2, 0.25) is 0 Å². The van der Waals surface area contributed by atoms with Crippen molar-refractivity contribution in [3.8, 4) is 0 Å². The van der Waals surface area contributed by atoms with Crippen LogP contribution in [0.1, 0.15) is 25.7 Å². The van der Waals surface area contributed by atoms with Crippen LogP contribution in [0.3, 0.4) is 0 Å². The van der Waals surface area contributed by atoms with Gasteiger partial charge in [-0.25, -0.2) is 0 Å². The first-order chi connectivity index (χ1) is 8.15. The molecule has 0 spiro atoms. The van der Waals surface area contributed by atoms with Crippen molar-refractivity contribution in [2.75, 3.05) is 26.7 Å². The maximum Gasteiger partial charge on any atom is 0.303 e. The van der Waals surface area contributed by atoms with Gasteiger partial charge in [0.1, 0.15) is 0 Å². The SMILES string of the molecule is CN1CCC(C2OCC(CCC(=O)O)O2)CC1. The standard InChI is InChI=1S/C12H21NO4/c1-13-6-4-9(5-7-13)12-16-8-10(17-12)2-3-11(14)15/h9-10,12H,2-8H2,1H3,(H,14,15). The van der Waals surface area contributed by atoms with E-state index >= 15 is 0 Å². The summed E-state index contributed by atoms with van der Waals surface area (Å²) in [6, 6.07) is 0. The maximum atomic E-state index is 10.5. The zero-order chi connectivity index (χ0) is 12.3. The van der Waals surface area contributed by atoms with Gasteiger partial charge < -0.3 is 19.5 Å². The van der Waals surface area contributed by atoms with Crippen LogP contribution >= 0.6 is 0 Å². The van der Waals surface area contributed by atoms with E-state index in [2.05, 4.69) is 11.9 Å². The van der Waals surface area contributed by atoms with Crippen LogP contribution in [0.25, 0.3) is 0 Å². The summed E-state index contributed by atoms with van der Waals surface area (Å²) >= 11 is 0. The van der Waals surface area contributed by atoms with E-state index in [1.54, 1.807) is 0 Å². The van der Waals surface area contributed by atoms with Gasteiger partial charge >= 0.3 is 5.97 Å². The number of rotatable bonds is 4. The van der Waals surface area contributed by atoms with Crippen molar-refractivity contribution >= 4 is 5.97 Å². The first-order valence-corrected chi connectivity index (χ1v) is 6.32. The van der Waals surface area contributed by atoms with E-state index in [0.29, 0.717) is 18.9 Å². The molecule has 2 fully saturated rings. The van der Waals surface area contributed by atoms with Gasteiger partial charge in [-0.2, -0.15) is 0 Å².